The number of rotatable bonds is 3. The predicted molar refractivity (Wildman–Crippen MR) is 185 cm³/mol. The second-order valence-corrected chi connectivity index (χ2v) is 15.0. The van der Waals surface area contributed by atoms with Gasteiger partial charge in [-0.1, -0.05) is 18.2 Å². The van der Waals surface area contributed by atoms with Crippen molar-refractivity contribution >= 4 is 36.4 Å². The zero-order valence-electron chi connectivity index (χ0n) is 27.8. The molecule has 10 nitrogen and oxygen atoms in total. The van der Waals surface area contributed by atoms with E-state index in [2.05, 4.69) is 29.5 Å². The van der Waals surface area contributed by atoms with Crippen molar-refractivity contribution in [3.05, 3.63) is 59.2 Å². The lowest BCUT2D eigenvalue weighted by atomic mass is 9.49. The van der Waals surface area contributed by atoms with Crippen molar-refractivity contribution in [3.8, 4) is 23.0 Å². The molecule has 0 radical (unpaired) electrons. The van der Waals surface area contributed by atoms with E-state index in [1.54, 1.807) is 13.2 Å². The molecule has 4 heterocycles. The van der Waals surface area contributed by atoms with E-state index in [1.807, 2.05) is 18.2 Å². The van der Waals surface area contributed by atoms with Crippen molar-refractivity contribution in [1.82, 2.24) is 9.80 Å². The van der Waals surface area contributed by atoms with Gasteiger partial charge in [-0.2, -0.15) is 0 Å². The van der Waals surface area contributed by atoms with Crippen LogP contribution in [0.15, 0.2) is 36.9 Å². The van der Waals surface area contributed by atoms with E-state index in [0.717, 1.165) is 49.2 Å². The molecular formula is C37H44Cl2N2O8. The van der Waals surface area contributed by atoms with Gasteiger partial charge >= 0.3 is 0 Å². The molecule has 8 aliphatic rings. The first-order valence-electron chi connectivity index (χ1n) is 17.0. The van der Waals surface area contributed by atoms with Crippen LogP contribution in [0, 0.1) is 0 Å². The number of likely N-dealkylation sites (N-methyl/N-ethyl adjacent to an activating group) is 1. The highest BCUT2D eigenvalue weighted by atomic mass is 35.5. The highest BCUT2D eigenvalue weighted by molar-refractivity contribution is 5.91. The lowest BCUT2D eigenvalue weighted by molar-refractivity contribution is -0.187. The number of Topliss-reactive ketones (excluding diaryl/α,β-unsaturated/α-hetero) is 2. The molecule has 2 saturated carbocycles. The highest BCUT2D eigenvalue weighted by Crippen LogP contribution is 2.66. The summed E-state index contributed by atoms with van der Waals surface area (Å²) in [5.41, 5.74) is 0.993. The number of carbonyl (C=O) groups is 2. The van der Waals surface area contributed by atoms with Crippen LogP contribution in [-0.2, 0) is 33.3 Å². The lowest BCUT2D eigenvalue weighted by Gasteiger charge is -2.62. The van der Waals surface area contributed by atoms with Crippen LogP contribution in [0.4, 0.5) is 0 Å². The molecule has 8 atom stereocenters. The van der Waals surface area contributed by atoms with Gasteiger partial charge in [0.15, 0.2) is 46.8 Å². The van der Waals surface area contributed by atoms with Crippen molar-refractivity contribution in [2.75, 3.05) is 33.8 Å². The fraction of sp³-hybridized carbons (Fsp3) is 0.568. The van der Waals surface area contributed by atoms with Crippen LogP contribution in [-0.4, -0.2) is 106 Å². The number of aliphatic hydroxyl groups is 2. The van der Waals surface area contributed by atoms with E-state index in [9.17, 15) is 24.9 Å². The number of methoxy groups -OCH3 is 1. The molecule has 264 valence electrons. The molecule has 49 heavy (non-hydrogen) atoms. The van der Waals surface area contributed by atoms with Crippen LogP contribution in [0.3, 0.4) is 0 Å². The molecule has 2 spiro atoms. The number of hydrogen-bond donors (Lipinski definition) is 3. The van der Waals surface area contributed by atoms with Gasteiger partial charge < -0.3 is 34.4 Å². The van der Waals surface area contributed by atoms with Gasteiger partial charge in [0, 0.05) is 49.1 Å². The fourth-order valence-electron chi connectivity index (χ4n) is 11.5. The molecule has 3 N–H and O–H groups in total. The summed E-state index contributed by atoms with van der Waals surface area (Å²) < 4.78 is 17.6. The van der Waals surface area contributed by atoms with Crippen LogP contribution in [0.2, 0.25) is 0 Å². The monoisotopic (exact) mass is 714 g/mol. The number of aromatic hydroxyl groups is 1. The smallest absolute Gasteiger partial charge is 0.174 e. The number of piperidine rings is 2. The van der Waals surface area contributed by atoms with Crippen LogP contribution >= 0.6 is 24.8 Å². The first kappa shape index (κ1) is 34.6. The number of likely N-dealkylation sites (tertiary alicyclic amines) is 2. The molecule has 2 saturated heterocycles. The van der Waals surface area contributed by atoms with Crippen molar-refractivity contribution in [1.29, 1.82) is 0 Å². The van der Waals surface area contributed by atoms with Gasteiger partial charge in [-0.15, -0.1) is 31.4 Å². The maximum Gasteiger partial charge on any atom is 0.174 e. The Kier molecular flexibility index (Phi) is 7.99. The lowest BCUT2D eigenvalue weighted by Crippen LogP contribution is -2.76. The second-order valence-electron chi connectivity index (χ2n) is 15.0. The molecule has 0 amide bonds. The van der Waals surface area contributed by atoms with Crippen LogP contribution in [0.5, 0.6) is 23.0 Å². The maximum absolute atomic E-state index is 12.7. The van der Waals surface area contributed by atoms with Crippen LogP contribution in [0.1, 0.15) is 60.8 Å². The van der Waals surface area contributed by atoms with Gasteiger partial charge in [0.25, 0.3) is 0 Å². The third kappa shape index (κ3) is 3.93. The van der Waals surface area contributed by atoms with Crippen LogP contribution in [0.25, 0.3) is 0 Å². The molecular weight excluding hydrogens is 671 g/mol. The van der Waals surface area contributed by atoms with E-state index in [1.165, 1.54) is 5.56 Å². The Bertz CT molecular complexity index is 1770. The van der Waals surface area contributed by atoms with Gasteiger partial charge in [-0.3, -0.25) is 14.5 Å². The third-order valence-corrected chi connectivity index (χ3v) is 13.5. The number of benzene rings is 2. The molecule has 0 unspecified atom stereocenters. The quantitative estimate of drug-likeness (QED) is 0.408. The number of ether oxygens (including phenoxy) is 3. The summed E-state index contributed by atoms with van der Waals surface area (Å²) in [5, 5.41) is 33.8. The molecule has 2 aromatic rings. The van der Waals surface area contributed by atoms with Gasteiger partial charge in [0.1, 0.15) is 0 Å². The normalized spacial score (nSPS) is 38.3. The van der Waals surface area contributed by atoms with E-state index in [-0.39, 0.29) is 54.2 Å². The third-order valence-electron chi connectivity index (χ3n) is 13.5. The Morgan fingerprint density at radius 1 is 0.857 bits per heavy atom. The minimum atomic E-state index is -1.00. The Balaban J connectivity index is 0.000000148. The number of carbonyl (C=O) groups excluding carboxylic acids is 2. The molecule has 12 heteroatoms. The standard InChI is InChI=1S/C19H21NO4.C18H21NO4.2ClH/c1-2-8-20-9-7-18-15-11-3-4-12(21)16(15)24-17(18)13(22)5-6-19(18,23)14(20)10-11;1-19-8-7-17-14-10-3-4-12(22-2)15(14)23-16(17)11(20)5-6-18(17,21)13(19)9-10;;/h2-4,14,17,21,23H,1,5-10H2;3-4,13,16,21H,5-9H2,1-2H3;2*1H/t14-,17+,18+,19-;13-,16+,17+,18-;;/m11../s1. The predicted octanol–water partition coefficient (Wildman–Crippen LogP) is 3.19. The largest absolute Gasteiger partial charge is 0.504 e. The number of phenols is 1. The van der Waals surface area contributed by atoms with E-state index in [4.69, 9.17) is 14.2 Å². The van der Waals surface area contributed by atoms with Crippen molar-refractivity contribution < 1.29 is 39.1 Å². The van der Waals surface area contributed by atoms with Crippen molar-refractivity contribution in [3.63, 3.8) is 0 Å². The summed E-state index contributed by atoms with van der Waals surface area (Å²) in [6.07, 6.45) is 5.24. The average Bonchev–Trinajstić information content (AvgIpc) is 3.60. The maximum atomic E-state index is 12.7. The second kappa shape index (κ2) is 11.3. The summed E-state index contributed by atoms with van der Waals surface area (Å²) in [6, 6.07) is 7.56. The zero-order chi connectivity index (χ0) is 32.7. The Morgan fingerprint density at radius 3 is 2.04 bits per heavy atom. The van der Waals surface area contributed by atoms with Gasteiger partial charge in [0.05, 0.1) is 29.1 Å². The topological polar surface area (TPSA) is 129 Å². The summed E-state index contributed by atoms with van der Waals surface area (Å²) in [4.78, 5) is 29.8. The van der Waals surface area contributed by atoms with Crippen LogP contribution < -0.4 is 14.2 Å². The SMILES string of the molecule is C=CCN1CC[C@]23c4c5ccc(O)c4O[C@H]2C(=O)CC[C@@]3(O)[C@H]1C5.COc1ccc2c3c1O[C@H]1C(=O)CC[C@@]4(O)[C@@H](C2)N(C)CC[C@]314.Cl.Cl. The summed E-state index contributed by atoms with van der Waals surface area (Å²) in [5.74, 6) is 2.00. The van der Waals surface area contributed by atoms with Gasteiger partial charge in [-0.05, 0) is 75.4 Å². The molecule has 4 fully saturated rings. The summed E-state index contributed by atoms with van der Waals surface area (Å²) >= 11 is 0. The summed E-state index contributed by atoms with van der Waals surface area (Å²) in [7, 11) is 3.70. The minimum absolute atomic E-state index is 0. The molecule has 4 aliphatic carbocycles. The van der Waals surface area contributed by atoms with E-state index < -0.39 is 34.2 Å². The summed E-state index contributed by atoms with van der Waals surface area (Å²) in [6.45, 7) is 6.23. The van der Waals surface area contributed by atoms with Gasteiger partial charge in [0.2, 0.25) is 0 Å². The fourth-order valence-corrected chi connectivity index (χ4v) is 11.5. The average molecular weight is 716 g/mol. The molecule has 4 bridgehead atoms. The first-order valence-corrected chi connectivity index (χ1v) is 17.0. The Morgan fingerprint density at radius 2 is 1.41 bits per heavy atom. The Hall–Kier alpha value is -2.86. The number of nitrogens with zero attached hydrogens (tertiary/aromatic N) is 2. The molecule has 2 aromatic carbocycles. The molecule has 0 aromatic heterocycles. The minimum Gasteiger partial charge on any atom is -0.504 e. The number of phenolic OH excluding ortho intramolecular Hbond substituents is 1. The van der Waals surface area contributed by atoms with Gasteiger partial charge in [-0.25, -0.2) is 0 Å². The van der Waals surface area contributed by atoms with E-state index in [0.29, 0.717) is 55.8 Å². The van der Waals surface area contributed by atoms with Crippen molar-refractivity contribution in [2.45, 2.75) is 97.7 Å². The zero-order valence-corrected chi connectivity index (χ0v) is 29.4. The number of ketones is 2. The first-order chi connectivity index (χ1) is 22.6. The number of hydrogen-bond acceptors (Lipinski definition) is 10. The molecule has 4 aliphatic heterocycles. The Labute approximate surface area is 298 Å². The molecule has 10 rings (SSSR count). The van der Waals surface area contributed by atoms with E-state index >= 15 is 0 Å². The number of halogens is 2. The highest BCUT2D eigenvalue weighted by Gasteiger charge is 2.74. The van der Waals surface area contributed by atoms with Crippen molar-refractivity contribution in [2.24, 2.45) is 0 Å².